The Hall–Kier alpha value is -3.07. The summed E-state index contributed by atoms with van der Waals surface area (Å²) in [7, 11) is 0. The summed E-state index contributed by atoms with van der Waals surface area (Å²) in [5.74, 6) is -0.756. The maximum atomic E-state index is 13.7. The number of rotatable bonds is 6. The number of nitrogens with zero attached hydrogens (tertiary/aromatic N) is 1. The minimum absolute atomic E-state index is 0.195. The highest BCUT2D eigenvalue weighted by Crippen LogP contribution is 2.21. The molecule has 2 aromatic carbocycles. The number of nitro benzene ring substituents is 1. The van der Waals surface area contributed by atoms with Crippen LogP contribution in [0.1, 0.15) is 12.5 Å². The fraction of sp³-hybridized carbons (Fsp3) is 0.176. The van der Waals surface area contributed by atoms with Crippen LogP contribution in [0.4, 0.5) is 15.8 Å². The van der Waals surface area contributed by atoms with Crippen molar-refractivity contribution in [1.29, 1.82) is 0 Å². The predicted molar refractivity (Wildman–Crippen MR) is 98.7 cm³/mol. The van der Waals surface area contributed by atoms with Gasteiger partial charge in [0.25, 0.3) is 11.6 Å². The van der Waals surface area contributed by atoms with Gasteiger partial charge in [0.1, 0.15) is 11.6 Å². The van der Waals surface area contributed by atoms with Gasteiger partial charge >= 0.3 is 0 Å². The van der Waals surface area contributed by atoms with Gasteiger partial charge in [-0.05, 0) is 42.4 Å². The third-order valence-electron chi connectivity index (χ3n) is 3.36. The summed E-state index contributed by atoms with van der Waals surface area (Å²) >= 11 is 4.91. The van der Waals surface area contributed by atoms with E-state index in [0.29, 0.717) is 5.75 Å². The van der Waals surface area contributed by atoms with E-state index >= 15 is 0 Å². The smallest absolute Gasteiger partial charge is 0.271 e. The number of nitro groups is 1. The first-order chi connectivity index (χ1) is 12.4. The number of carbonyl (C=O) groups excluding carboxylic acids is 1. The molecular formula is C17H16FN3O4S. The molecule has 0 aliphatic rings. The highest BCUT2D eigenvalue weighted by molar-refractivity contribution is 7.80. The number of ether oxygens (including phenoxy) is 1. The number of nitrogens with one attached hydrogen (secondary N) is 2. The highest BCUT2D eigenvalue weighted by atomic mass is 32.1. The van der Waals surface area contributed by atoms with Crippen LogP contribution in [-0.4, -0.2) is 22.5 Å². The second-order valence-electron chi connectivity index (χ2n) is 5.21. The van der Waals surface area contributed by atoms with Gasteiger partial charge in [-0.1, -0.05) is 19.1 Å². The van der Waals surface area contributed by atoms with Gasteiger partial charge in [-0.2, -0.15) is 0 Å². The summed E-state index contributed by atoms with van der Waals surface area (Å²) < 4.78 is 19.0. The number of hydrogen-bond donors (Lipinski definition) is 2. The standard InChI is InChI=1S/C17H16FN3O4S/c1-2-11-3-6-13(7-4-11)25-10-16(22)20-17(26)19-15-9-12(21(23)24)5-8-14(15)18/h3-9H,2,10H2,1H3,(H2,19,20,22,26). The van der Waals surface area contributed by atoms with Gasteiger partial charge in [0.05, 0.1) is 10.6 Å². The number of thiocarbonyl (C=S) groups is 1. The molecule has 0 saturated carbocycles. The highest BCUT2D eigenvalue weighted by Gasteiger charge is 2.13. The van der Waals surface area contributed by atoms with Gasteiger partial charge in [0.15, 0.2) is 11.7 Å². The summed E-state index contributed by atoms with van der Waals surface area (Å²) in [5.41, 5.74) is 0.633. The first kappa shape index (κ1) is 19.3. The lowest BCUT2D eigenvalue weighted by molar-refractivity contribution is -0.384. The molecule has 2 aromatic rings. The summed E-state index contributed by atoms with van der Waals surface area (Å²) in [6.07, 6.45) is 0.898. The Kier molecular flexibility index (Phi) is 6.56. The van der Waals surface area contributed by atoms with Crippen LogP contribution in [0.25, 0.3) is 0 Å². The average molecular weight is 377 g/mol. The number of carbonyl (C=O) groups is 1. The van der Waals surface area contributed by atoms with Crippen molar-refractivity contribution in [2.75, 3.05) is 11.9 Å². The van der Waals surface area contributed by atoms with E-state index in [9.17, 15) is 19.3 Å². The largest absolute Gasteiger partial charge is 0.484 e. The molecule has 0 aromatic heterocycles. The molecule has 0 aliphatic heterocycles. The van der Waals surface area contributed by atoms with Crippen molar-refractivity contribution in [3.63, 3.8) is 0 Å². The van der Waals surface area contributed by atoms with Gasteiger partial charge < -0.3 is 10.1 Å². The minimum atomic E-state index is -0.737. The minimum Gasteiger partial charge on any atom is -0.484 e. The van der Waals surface area contributed by atoms with Gasteiger partial charge in [-0.25, -0.2) is 4.39 Å². The van der Waals surface area contributed by atoms with Crippen LogP contribution < -0.4 is 15.4 Å². The molecule has 0 fully saturated rings. The van der Waals surface area contributed by atoms with E-state index in [1.807, 2.05) is 19.1 Å². The second kappa shape index (κ2) is 8.86. The fourth-order valence-corrected chi connectivity index (χ4v) is 2.23. The molecular weight excluding hydrogens is 361 g/mol. The number of aryl methyl sites for hydroxylation is 1. The van der Waals surface area contributed by atoms with Crippen LogP contribution in [0.15, 0.2) is 42.5 Å². The molecule has 1 amide bonds. The van der Waals surface area contributed by atoms with E-state index < -0.39 is 16.6 Å². The number of hydrogen-bond acceptors (Lipinski definition) is 5. The molecule has 2 rings (SSSR count). The zero-order chi connectivity index (χ0) is 19.1. The summed E-state index contributed by atoms with van der Waals surface area (Å²) in [5, 5.41) is 15.3. The molecule has 2 N–H and O–H groups in total. The van der Waals surface area contributed by atoms with Crippen molar-refractivity contribution in [2.24, 2.45) is 0 Å². The van der Waals surface area contributed by atoms with E-state index in [-0.39, 0.29) is 23.1 Å². The van der Waals surface area contributed by atoms with E-state index in [1.54, 1.807) is 12.1 Å². The van der Waals surface area contributed by atoms with Gasteiger partial charge in [-0.3, -0.25) is 20.2 Å². The van der Waals surface area contributed by atoms with Crippen LogP contribution in [-0.2, 0) is 11.2 Å². The molecule has 9 heteroatoms. The third-order valence-corrected chi connectivity index (χ3v) is 3.57. The number of non-ortho nitro benzene ring substituents is 1. The Morgan fingerprint density at radius 3 is 2.58 bits per heavy atom. The number of anilines is 1. The fourth-order valence-electron chi connectivity index (χ4n) is 2.01. The Morgan fingerprint density at radius 1 is 1.27 bits per heavy atom. The monoisotopic (exact) mass is 377 g/mol. The molecule has 0 spiro atoms. The van der Waals surface area contributed by atoms with Gasteiger partial charge in [0, 0.05) is 12.1 Å². The summed E-state index contributed by atoms with van der Waals surface area (Å²) in [4.78, 5) is 21.9. The Morgan fingerprint density at radius 2 is 1.96 bits per heavy atom. The lowest BCUT2D eigenvalue weighted by Crippen LogP contribution is -2.37. The van der Waals surface area contributed by atoms with Crippen molar-refractivity contribution < 1.29 is 18.8 Å². The average Bonchev–Trinajstić information content (AvgIpc) is 2.62. The maximum absolute atomic E-state index is 13.7. The number of benzene rings is 2. The molecule has 0 aliphatic carbocycles. The summed E-state index contributed by atoms with van der Waals surface area (Å²) in [6.45, 7) is 1.74. The molecule has 0 unspecified atom stereocenters. The number of halogens is 1. The molecule has 0 radical (unpaired) electrons. The Bertz CT molecular complexity index is 827. The number of amides is 1. The normalized spacial score (nSPS) is 10.1. The molecule has 136 valence electrons. The first-order valence-corrected chi connectivity index (χ1v) is 8.06. The zero-order valence-corrected chi connectivity index (χ0v) is 14.6. The predicted octanol–water partition coefficient (Wildman–Crippen LogP) is 3.19. The van der Waals surface area contributed by atoms with E-state index in [2.05, 4.69) is 10.6 Å². The Labute approximate surface area is 154 Å². The SMILES string of the molecule is CCc1ccc(OCC(=O)NC(=S)Nc2cc([N+](=O)[O-])ccc2F)cc1. The Balaban J connectivity index is 1.87. The van der Waals surface area contributed by atoms with Crippen LogP contribution >= 0.6 is 12.2 Å². The molecule has 0 heterocycles. The molecule has 0 atom stereocenters. The van der Waals surface area contributed by atoms with E-state index in [4.69, 9.17) is 17.0 Å². The van der Waals surface area contributed by atoms with Crippen LogP contribution in [0.3, 0.4) is 0 Å². The second-order valence-corrected chi connectivity index (χ2v) is 5.62. The molecule has 0 saturated heterocycles. The quantitative estimate of drug-likeness (QED) is 0.456. The van der Waals surface area contributed by atoms with Crippen molar-refractivity contribution in [1.82, 2.24) is 5.32 Å². The maximum Gasteiger partial charge on any atom is 0.271 e. The van der Waals surface area contributed by atoms with E-state index in [1.165, 1.54) is 0 Å². The van der Waals surface area contributed by atoms with Crippen LogP contribution in [0.2, 0.25) is 0 Å². The van der Waals surface area contributed by atoms with Gasteiger partial charge in [0.2, 0.25) is 0 Å². The van der Waals surface area contributed by atoms with Crippen LogP contribution in [0, 0.1) is 15.9 Å². The van der Waals surface area contributed by atoms with Crippen molar-refractivity contribution in [2.45, 2.75) is 13.3 Å². The third kappa shape index (κ3) is 5.49. The van der Waals surface area contributed by atoms with Crippen molar-refractivity contribution in [3.8, 4) is 5.75 Å². The zero-order valence-electron chi connectivity index (χ0n) is 13.8. The molecule has 7 nitrogen and oxygen atoms in total. The van der Waals surface area contributed by atoms with Gasteiger partial charge in [-0.15, -0.1) is 0 Å². The van der Waals surface area contributed by atoms with Crippen molar-refractivity contribution >= 4 is 34.6 Å². The molecule has 0 bridgehead atoms. The van der Waals surface area contributed by atoms with E-state index in [0.717, 1.165) is 30.2 Å². The topological polar surface area (TPSA) is 93.5 Å². The lowest BCUT2D eigenvalue weighted by atomic mass is 10.2. The first-order valence-electron chi connectivity index (χ1n) is 7.65. The van der Waals surface area contributed by atoms with Crippen LogP contribution in [0.5, 0.6) is 5.75 Å². The summed E-state index contributed by atoms with van der Waals surface area (Å²) in [6, 6.07) is 10.2. The lowest BCUT2D eigenvalue weighted by Gasteiger charge is -2.11. The van der Waals surface area contributed by atoms with Crippen molar-refractivity contribution in [3.05, 3.63) is 64.0 Å². The molecule has 26 heavy (non-hydrogen) atoms.